The van der Waals surface area contributed by atoms with Crippen LogP contribution in [0.3, 0.4) is 0 Å². The minimum atomic E-state index is -4.07. The van der Waals surface area contributed by atoms with Gasteiger partial charge in [-0.05, 0) is 43.5 Å². The van der Waals surface area contributed by atoms with Crippen molar-refractivity contribution >= 4 is 39.7 Å². The summed E-state index contributed by atoms with van der Waals surface area (Å²) in [5.41, 5.74) is 6.61. The van der Waals surface area contributed by atoms with Crippen LogP contribution in [0.25, 0.3) is 0 Å². The Labute approximate surface area is 182 Å². The first-order chi connectivity index (χ1) is 12.0. The predicted molar refractivity (Wildman–Crippen MR) is 112 cm³/mol. The first-order valence-corrected chi connectivity index (χ1v) is 11.2. The molecule has 0 saturated heterocycles. The number of hydrogen-bond acceptors (Lipinski definition) is 3. The molecule has 1 aromatic carbocycles. The molecular formula is C20H36NNaO3S. The topological polar surface area (TPSA) is 80.4 Å². The van der Waals surface area contributed by atoms with E-state index in [1.165, 1.54) is 82.8 Å². The fourth-order valence-electron chi connectivity index (χ4n) is 3.07. The van der Waals surface area contributed by atoms with Crippen LogP contribution in [0.2, 0.25) is 0 Å². The van der Waals surface area contributed by atoms with Gasteiger partial charge in [0.2, 0.25) is 0 Å². The Bertz CT molecular complexity index is 547. The number of nitrogens with two attached hydrogens (primary N) is 1. The van der Waals surface area contributed by atoms with E-state index < -0.39 is 10.1 Å². The van der Waals surface area contributed by atoms with Gasteiger partial charge in [-0.1, -0.05) is 76.3 Å². The van der Waals surface area contributed by atoms with E-state index in [0.29, 0.717) is 0 Å². The zero-order chi connectivity index (χ0) is 18.4. The summed E-state index contributed by atoms with van der Waals surface area (Å²) >= 11 is 0. The molecular weight excluding hydrogens is 357 g/mol. The van der Waals surface area contributed by atoms with E-state index in [4.69, 9.17) is 10.3 Å². The number of hydrogen-bond donors (Lipinski definition) is 2. The van der Waals surface area contributed by atoms with Crippen LogP contribution < -0.4 is 5.73 Å². The quantitative estimate of drug-likeness (QED) is 0.262. The Kier molecular flexibility index (Phi) is 16.1. The van der Waals surface area contributed by atoms with E-state index in [9.17, 15) is 8.42 Å². The van der Waals surface area contributed by atoms with Gasteiger partial charge in [0.1, 0.15) is 0 Å². The van der Waals surface area contributed by atoms with Gasteiger partial charge in [-0.15, -0.1) is 0 Å². The van der Waals surface area contributed by atoms with Crippen LogP contribution in [0.1, 0.15) is 82.6 Å². The molecule has 0 aliphatic carbocycles. The summed E-state index contributed by atoms with van der Waals surface area (Å²) in [5.74, 6) is 0. The summed E-state index contributed by atoms with van der Waals surface area (Å²) in [4.78, 5) is -0.0318. The monoisotopic (exact) mass is 393 g/mol. The molecule has 0 amide bonds. The van der Waals surface area contributed by atoms with E-state index in [1.54, 1.807) is 12.1 Å². The molecule has 26 heavy (non-hydrogen) atoms. The second-order valence-electron chi connectivity index (χ2n) is 6.90. The molecule has 0 spiro atoms. The number of aryl methyl sites for hydroxylation is 1. The molecule has 1 rings (SSSR count). The van der Waals surface area contributed by atoms with E-state index in [1.807, 2.05) is 0 Å². The average molecular weight is 394 g/mol. The SMILES string of the molecule is NCCCCCCCCCCCCCCc1ccc(S(=O)(=O)O)cc1.[NaH]. The number of unbranched alkanes of at least 4 members (excludes halogenated alkanes) is 11. The van der Waals surface area contributed by atoms with E-state index in [0.717, 1.165) is 24.9 Å². The summed E-state index contributed by atoms with van der Waals surface area (Å²) in [5, 5.41) is 0. The van der Waals surface area contributed by atoms with E-state index in [2.05, 4.69) is 0 Å². The van der Waals surface area contributed by atoms with Crippen LogP contribution in [0.4, 0.5) is 0 Å². The molecule has 0 heterocycles. The van der Waals surface area contributed by atoms with Crippen molar-refractivity contribution in [2.75, 3.05) is 6.54 Å². The second kappa shape index (κ2) is 16.1. The fraction of sp³-hybridized carbons (Fsp3) is 0.700. The third kappa shape index (κ3) is 13.3. The number of rotatable bonds is 15. The third-order valence-corrected chi connectivity index (χ3v) is 5.51. The molecule has 0 aliphatic rings. The molecule has 6 heteroatoms. The summed E-state index contributed by atoms with van der Waals surface area (Å²) < 4.78 is 30.9. The van der Waals surface area contributed by atoms with Crippen LogP contribution in [0.5, 0.6) is 0 Å². The van der Waals surface area contributed by atoms with E-state index in [-0.39, 0.29) is 34.5 Å². The maximum atomic E-state index is 11.0. The second-order valence-corrected chi connectivity index (χ2v) is 8.32. The molecule has 0 bridgehead atoms. The van der Waals surface area contributed by atoms with Crippen molar-refractivity contribution in [1.82, 2.24) is 0 Å². The molecule has 4 nitrogen and oxygen atoms in total. The predicted octanol–water partition coefficient (Wildman–Crippen LogP) is 4.47. The first-order valence-electron chi connectivity index (χ1n) is 9.80. The summed E-state index contributed by atoms with van der Waals surface area (Å²) in [7, 11) is -4.07. The maximum absolute atomic E-state index is 11.0. The molecule has 0 radical (unpaired) electrons. The summed E-state index contributed by atoms with van der Waals surface area (Å²) in [6.07, 6.45) is 16.5. The van der Waals surface area contributed by atoms with Crippen molar-refractivity contribution in [3.8, 4) is 0 Å². The first kappa shape index (κ1) is 26.1. The zero-order valence-corrected chi connectivity index (χ0v) is 16.3. The zero-order valence-electron chi connectivity index (χ0n) is 15.5. The average Bonchev–Trinajstić information content (AvgIpc) is 2.58. The van der Waals surface area contributed by atoms with Gasteiger partial charge >= 0.3 is 29.6 Å². The molecule has 0 fully saturated rings. The van der Waals surface area contributed by atoms with Crippen molar-refractivity contribution in [2.45, 2.75) is 88.4 Å². The van der Waals surface area contributed by atoms with Gasteiger partial charge < -0.3 is 5.73 Å². The van der Waals surface area contributed by atoms with Crippen molar-refractivity contribution < 1.29 is 13.0 Å². The molecule has 1 aromatic rings. The number of benzene rings is 1. The summed E-state index contributed by atoms with van der Waals surface area (Å²) in [6, 6.07) is 6.52. The van der Waals surface area contributed by atoms with Crippen molar-refractivity contribution in [1.29, 1.82) is 0 Å². The van der Waals surface area contributed by atoms with Gasteiger partial charge in [0.05, 0.1) is 4.90 Å². The Morgan fingerprint density at radius 1 is 0.692 bits per heavy atom. The van der Waals surface area contributed by atoms with Gasteiger partial charge in [0.15, 0.2) is 0 Å². The van der Waals surface area contributed by atoms with Crippen LogP contribution in [-0.4, -0.2) is 49.1 Å². The molecule has 0 saturated carbocycles. The molecule has 0 aromatic heterocycles. The minimum absolute atomic E-state index is 0. The van der Waals surface area contributed by atoms with Crippen molar-refractivity contribution in [2.24, 2.45) is 5.73 Å². The van der Waals surface area contributed by atoms with E-state index >= 15 is 0 Å². The molecule has 0 unspecified atom stereocenters. The Morgan fingerprint density at radius 3 is 1.46 bits per heavy atom. The van der Waals surface area contributed by atoms with Gasteiger partial charge in [-0.3, -0.25) is 4.55 Å². The molecule has 146 valence electrons. The van der Waals surface area contributed by atoms with Crippen LogP contribution in [0, 0.1) is 0 Å². The molecule has 3 N–H and O–H groups in total. The molecule has 0 atom stereocenters. The van der Waals surface area contributed by atoms with Crippen molar-refractivity contribution in [3.63, 3.8) is 0 Å². The van der Waals surface area contributed by atoms with Crippen LogP contribution in [-0.2, 0) is 16.5 Å². The standard InChI is InChI=1S/C20H35NO3S.Na.H/c21-18-12-10-8-6-4-2-1-3-5-7-9-11-13-19-14-16-20(17-15-19)25(22,23)24;;/h14-17H,1-13,18,21H2,(H,22,23,24);;. The van der Waals surface area contributed by atoms with Gasteiger partial charge in [-0.2, -0.15) is 8.42 Å². The van der Waals surface area contributed by atoms with Crippen LogP contribution >= 0.6 is 0 Å². The normalized spacial score (nSPS) is 11.3. The van der Waals surface area contributed by atoms with Gasteiger partial charge in [0, 0.05) is 0 Å². The molecule has 0 aliphatic heterocycles. The van der Waals surface area contributed by atoms with Crippen LogP contribution in [0.15, 0.2) is 29.2 Å². The summed E-state index contributed by atoms with van der Waals surface area (Å²) in [6.45, 7) is 0.829. The van der Waals surface area contributed by atoms with Gasteiger partial charge in [-0.25, -0.2) is 0 Å². The van der Waals surface area contributed by atoms with Gasteiger partial charge in [0.25, 0.3) is 10.1 Å². The Hall–Kier alpha value is 0.0900. The fourth-order valence-corrected chi connectivity index (χ4v) is 3.55. The Balaban J connectivity index is 0.00000625. The van der Waals surface area contributed by atoms with Crippen molar-refractivity contribution in [3.05, 3.63) is 29.8 Å². The third-order valence-electron chi connectivity index (χ3n) is 4.64. The Morgan fingerprint density at radius 2 is 1.08 bits per heavy atom.